The molecule has 0 atom stereocenters. The van der Waals surface area contributed by atoms with Gasteiger partial charge in [0.15, 0.2) is 0 Å². The minimum Gasteiger partial charge on any atom is -0.458 e. The first-order valence-electron chi connectivity index (χ1n) is 5.46. The van der Waals surface area contributed by atoms with Crippen molar-refractivity contribution in [1.29, 1.82) is 0 Å². The highest BCUT2D eigenvalue weighted by Gasteiger charge is 2.24. The third-order valence-electron chi connectivity index (χ3n) is 2.75. The predicted molar refractivity (Wildman–Crippen MR) is 63.7 cm³/mol. The molecule has 1 aliphatic rings. The van der Waals surface area contributed by atoms with E-state index in [1.54, 1.807) is 6.08 Å². The number of benzene rings is 1. The summed E-state index contributed by atoms with van der Waals surface area (Å²) in [5, 5.41) is 0. The van der Waals surface area contributed by atoms with Crippen molar-refractivity contribution in [2.75, 3.05) is 0 Å². The number of carbonyl (C=O) groups is 1. The van der Waals surface area contributed by atoms with Crippen LogP contribution in [0.1, 0.15) is 31.9 Å². The molecule has 0 fully saturated rings. The lowest BCUT2D eigenvalue weighted by Crippen LogP contribution is -2.10. The summed E-state index contributed by atoms with van der Waals surface area (Å²) in [6, 6.07) is 8.02. The number of cyclic esters (lactones) is 1. The van der Waals surface area contributed by atoms with Gasteiger partial charge in [-0.1, -0.05) is 45.0 Å². The Hall–Kier alpha value is -1.57. The molecule has 0 amide bonds. The zero-order chi connectivity index (χ0) is 11.8. The van der Waals surface area contributed by atoms with E-state index in [0.29, 0.717) is 6.61 Å². The lowest BCUT2D eigenvalue weighted by atomic mass is 9.80. The van der Waals surface area contributed by atoms with E-state index in [4.69, 9.17) is 4.74 Å². The third-order valence-corrected chi connectivity index (χ3v) is 2.75. The molecule has 0 N–H and O–H groups in total. The summed E-state index contributed by atoms with van der Waals surface area (Å²) in [5.41, 5.74) is 3.19. The topological polar surface area (TPSA) is 26.3 Å². The second kappa shape index (κ2) is 3.78. The quantitative estimate of drug-likeness (QED) is 0.623. The molecule has 1 heterocycles. The van der Waals surface area contributed by atoms with E-state index >= 15 is 0 Å². The molecule has 0 saturated heterocycles. The summed E-state index contributed by atoms with van der Waals surface area (Å²) >= 11 is 0. The van der Waals surface area contributed by atoms with Crippen LogP contribution in [0.25, 0.3) is 5.57 Å². The number of allylic oxidation sites excluding steroid dienone is 1. The van der Waals surface area contributed by atoms with Crippen molar-refractivity contribution >= 4 is 11.5 Å². The summed E-state index contributed by atoms with van der Waals surface area (Å²) in [6.07, 6.45) is 1.62. The van der Waals surface area contributed by atoms with Gasteiger partial charge in [-0.2, -0.15) is 0 Å². The van der Waals surface area contributed by atoms with E-state index in [0.717, 1.165) is 16.7 Å². The van der Waals surface area contributed by atoms with Crippen molar-refractivity contribution in [1.82, 2.24) is 0 Å². The van der Waals surface area contributed by atoms with Crippen LogP contribution in [0.15, 0.2) is 30.3 Å². The van der Waals surface area contributed by atoms with E-state index in [2.05, 4.69) is 20.8 Å². The van der Waals surface area contributed by atoms with Crippen LogP contribution in [0, 0.1) is 5.41 Å². The monoisotopic (exact) mass is 216 g/mol. The Morgan fingerprint density at radius 1 is 1.19 bits per heavy atom. The van der Waals surface area contributed by atoms with Crippen molar-refractivity contribution < 1.29 is 9.53 Å². The van der Waals surface area contributed by atoms with Gasteiger partial charge in [-0.15, -0.1) is 0 Å². The summed E-state index contributed by atoms with van der Waals surface area (Å²) < 4.78 is 5.14. The van der Waals surface area contributed by atoms with E-state index in [1.807, 2.05) is 24.3 Å². The highest BCUT2D eigenvalue weighted by atomic mass is 16.5. The Morgan fingerprint density at radius 3 is 2.56 bits per heavy atom. The number of hydrogen-bond donors (Lipinski definition) is 0. The smallest absolute Gasteiger partial charge is 0.331 e. The van der Waals surface area contributed by atoms with Crippen molar-refractivity contribution in [3.8, 4) is 0 Å². The number of esters is 1. The maximum absolute atomic E-state index is 11.5. The SMILES string of the molecule is CC(C)(C)C1=CC(=O)OCc2ccccc21. The first-order valence-corrected chi connectivity index (χ1v) is 5.46. The normalized spacial score (nSPS) is 15.9. The lowest BCUT2D eigenvalue weighted by Gasteiger charge is -2.23. The van der Waals surface area contributed by atoms with Crippen LogP contribution in [0.5, 0.6) is 0 Å². The minimum atomic E-state index is -0.249. The molecular weight excluding hydrogens is 200 g/mol. The third kappa shape index (κ3) is 2.01. The van der Waals surface area contributed by atoms with E-state index in [-0.39, 0.29) is 11.4 Å². The largest absolute Gasteiger partial charge is 0.458 e. The van der Waals surface area contributed by atoms with Crippen LogP contribution >= 0.6 is 0 Å². The molecule has 0 bridgehead atoms. The first kappa shape index (κ1) is 10.9. The van der Waals surface area contributed by atoms with E-state index in [1.165, 1.54) is 0 Å². The molecule has 0 aromatic heterocycles. The molecule has 0 unspecified atom stereocenters. The van der Waals surface area contributed by atoms with Gasteiger partial charge in [0.05, 0.1) is 0 Å². The number of fused-ring (bicyclic) bond motifs is 1. The molecule has 0 spiro atoms. The minimum absolute atomic E-state index is 0.0561. The van der Waals surface area contributed by atoms with Gasteiger partial charge in [0.1, 0.15) is 6.61 Å². The van der Waals surface area contributed by atoms with Gasteiger partial charge in [-0.3, -0.25) is 0 Å². The van der Waals surface area contributed by atoms with Gasteiger partial charge in [0.2, 0.25) is 0 Å². The first-order chi connectivity index (χ1) is 7.48. The van der Waals surface area contributed by atoms with Crippen LogP contribution in [0.3, 0.4) is 0 Å². The number of rotatable bonds is 0. The summed E-state index contributed by atoms with van der Waals surface area (Å²) in [6.45, 7) is 6.68. The summed E-state index contributed by atoms with van der Waals surface area (Å²) in [4.78, 5) is 11.5. The van der Waals surface area contributed by atoms with Gasteiger partial charge in [0.25, 0.3) is 0 Å². The van der Waals surface area contributed by atoms with Crippen LogP contribution in [-0.2, 0) is 16.1 Å². The molecule has 0 aliphatic carbocycles. The molecule has 1 aliphatic heterocycles. The molecule has 2 heteroatoms. The number of hydrogen-bond acceptors (Lipinski definition) is 2. The molecule has 1 aromatic carbocycles. The van der Waals surface area contributed by atoms with Crippen molar-refractivity contribution in [3.05, 3.63) is 41.5 Å². The highest BCUT2D eigenvalue weighted by Crippen LogP contribution is 2.37. The Kier molecular flexibility index (Phi) is 2.58. The molecular formula is C14H16O2. The molecule has 2 rings (SSSR count). The van der Waals surface area contributed by atoms with Gasteiger partial charge >= 0.3 is 5.97 Å². The van der Waals surface area contributed by atoms with Crippen LogP contribution < -0.4 is 0 Å². The Balaban J connectivity index is 2.60. The number of ether oxygens (including phenoxy) is 1. The fraction of sp³-hybridized carbons (Fsp3) is 0.357. The molecule has 0 saturated carbocycles. The second-order valence-electron chi connectivity index (χ2n) is 5.07. The average Bonchev–Trinajstić information content (AvgIpc) is 2.38. The summed E-state index contributed by atoms with van der Waals surface area (Å²) in [7, 11) is 0. The zero-order valence-corrected chi connectivity index (χ0v) is 9.91. The van der Waals surface area contributed by atoms with Crippen molar-refractivity contribution in [3.63, 3.8) is 0 Å². The zero-order valence-electron chi connectivity index (χ0n) is 9.91. The Morgan fingerprint density at radius 2 is 1.88 bits per heavy atom. The van der Waals surface area contributed by atoms with Crippen LogP contribution in [0.4, 0.5) is 0 Å². The average molecular weight is 216 g/mol. The van der Waals surface area contributed by atoms with Gasteiger partial charge in [0, 0.05) is 6.08 Å². The predicted octanol–water partition coefficient (Wildman–Crippen LogP) is 3.17. The van der Waals surface area contributed by atoms with Gasteiger partial charge < -0.3 is 4.74 Å². The maximum Gasteiger partial charge on any atom is 0.331 e. The van der Waals surface area contributed by atoms with E-state index < -0.39 is 0 Å². The van der Waals surface area contributed by atoms with E-state index in [9.17, 15) is 4.79 Å². The Bertz CT molecular complexity index is 450. The van der Waals surface area contributed by atoms with Crippen molar-refractivity contribution in [2.24, 2.45) is 5.41 Å². The second-order valence-corrected chi connectivity index (χ2v) is 5.07. The summed E-state index contributed by atoms with van der Waals surface area (Å²) in [5.74, 6) is -0.249. The molecule has 84 valence electrons. The van der Waals surface area contributed by atoms with Crippen LogP contribution in [-0.4, -0.2) is 5.97 Å². The van der Waals surface area contributed by atoms with Crippen LogP contribution in [0.2, 0.25) is 0 Å². The fourth-order valence-corrected chi connectivity index (χ4v) is 1.92. The Labute approximate surface area is 95.9 Å². The lowest BCUT2D eigenvalue weighted by molar-refractivity contribution is -0.138. The fourth-order valence-electron chi connectivity index (χ4n) is 1.92. The molecule has 16 heavy (non-hydrogen) atoms. The van der Waals surface area contributed by atoms with Crippen molar-refractivity contribution in [2.45, 2.75) is 27.4 Å². The highest BCUT2D eigenvalue weighted by molar-refractivity contribution is 5.94. The molecule has 0 radical (unpaired) electrons. The maximum atomic E-state index is 11.5. The van der Waals surface area contributed by atoms with Gasteiger partial charge in [-0.05, 0) is 22.1 Å². The number of carbonyl (C=O) groups excluding carboxylic acids is 1. The standard InChI is InChI=1S/C14H16O2/c1-14(2,3)12-8-13(15)16-9-10-6-4-5-7-11(10)12/h4-8H,9H2,1-3H3. The van der Waals surface area contributed by atoms with Gasteiger partial charge in [-0.25, -0.2) is 4.79 Å². The molecule has 2 nitrogen and oxygen atoms in total. The molecule has 1 aromatic rings.